The Morgan fingerprint density at radius 2 is 2.24 bits per heavy atom. The first-order valence-corrected chi connectivity index (χ1v) is 5.39. The number of nitrogens with zero attached hydrogens (tertiary/aromatic N) is 2. The van der Waals surface area contributed by atoms with Gasteiger partial charge in [0.25, 0.3) is 0 Å². The van der Waals surface area contributed by atoms with Gasteiger partial charge in [-0.15, -0.1) is 0 Å². The van der Waals surface area contributed by atoms with Crippen molar-refractivity contribution in [3.63, 3.8) is 0 Å². The van der Waals surface area contributed by atoms with E-state index in [1.807, 2.05) is 0 Å². The molecule has 4 N–H and O–H groups in total. The minimum atomic E-state index is -0.664. The van der Waals surface area contributed by atoms with Gasteiger partial charge in [0.2, 0.25) is 0 Å². The van der Waals surface area contributed by atoms with Gasteiger partial charge in [-0.25, -0.2) is 0 Å². The third-order valence-electron chi connectivity index (χ3n) is 2.03. The van der Waals surface area contributed by atoms with E-state index in [1.165, 1.54) is 0 Å². The molecule has 0 aliphatic rings. The number of hydrogen-bond acceptors (Lipinski definition) is 4. The predicted molar refractivity (Wildman–Crippen MR) is 61.9 cm³/mol. The van der Waals surface area contributed by atoms with Gasteiger partial charge in [0.15, 0.2) is 0 Å². The number of carbonyl (C=O) groups is 2. The van der Waals surface area contributed by atoms with E-state index in [2.05, 4.69) is 15.7 Å². The molecule has 7 nitrogen and oxygen atoms in total. The zero-order chi connectivity index (χ0) is 12.7. The minimum absolute atomic E-state index is 0.175. The predicted octanol–water partition coefficient (Wildman–Crippen LogP) is -1.54. The molecule has 1 heterocycles. The molecule has 1 aromatic heterocycles. The molecule has 0 fully saturated rings. The first-order valence-electron chi connectivity index (χ1n) is 5.39. The molecule has 1 rings (SSSR count). The summed E-state index contributed by atoms with van der Waals surface area (Å²) in [7, 11) is 0. The van der Waals surface area contributed by atoms with Crippen LogP contribution < -0.4 is 16.4 Å². The van der Waals surface area contributed by atoms with Crippen LogP contribution in [-0.2, 0) is 16.1 Å². The number of nitrogens with two attached hydrogens (primary N) is 1. The second kappa shape index (κ2) is 6.64. The fourth-order valence-corrected chi connectivity index (χ4v) is 1.29. The van der Waals surface area contributed by atoms with Gasteiger partial charge in [0, 0.05) is 31.5 Å². The third-order valence-corrected chi connectivity index (χ3v) is 2.03. The summed E-state index contributed by atoms with van der Waals surface area (Å²) < 4.78 is 1.68. The van der Waals surface area contributed by atoms with Crippen LogP contribution in [0.1, 0.15) is 6.92 Å². The highest BCUT2D eigenvalue weighted by Gasteiger charge is 2.15. The lowest BCUT2D eigenvalue weighted by Crippen LogP contribution is -2.45. The third kappa shape index (κ3) is 4.64. The van der Waals surface area contributed by atoms with Gasteiger partial charge in [0.05, 0.1) is 6.54 Å². The standard InChI is InChI=1S/C10H17N5O2/c1-8(7-15-6-2-4-13-15)14-10(17)9(16)12-5-3-11/h2,4,6,8H,3,5,7,11H2,1H3,(H,12,16)(H,14,17). The van der Waals surface area contributed by atoms with Crippen molar-refractivity contribution in [1.29, 1.82) is 0 Å². The maximum absolute atomic E-state index is 11.4. The summed E-state index contributed by atoms with van der Waals surface area (Å²) in [6.07, 6.45) is 3.44. The Morgan fingerprint density at radius 3 is 2.82 bits per heavy atom. The highest BCUT2D eigenvalue weighted by Crippen LogP contribution is 1.90. The number of carbonyl (C=O) groups excluding carboxylic acids is 2. The monoisotopic (exact) mass is 239 g/mol. The first kappa shape index (κ1) is 13.2. The first-order chi connectivity index (χ1) is 8.13. The Bertz CT molecular complexity index is 363. The van der Waals surface area contributed by atoms with Gasteiger partial charge >= 0.3 is 11.8 Å². The summed E-state index contributed by atoms with van der Waals surface area (Å²) in [5.41, 5.74) is 5.21. The molecule has 1 aromatic rings. The van der Waals surface area contributed by atoms with Gasteiger partial charge in [-0.3, -0.25) is 14.3 Å². The Morgan fingerprint density at radius 1 is 1.47 bits per heavy atom. The molecule has 1 unspecified atom stereocenters. The fourth-order valence-electron chi connectivity index (χ4n) is 1.29. The van der Waals surface area contributed by atoms with E-state index in [4.69, 9.17) is 5.73 Å². The lowest BCUT2D eigenvalue weighted by molar-refractivity contribution is -0.139. The van der Waals surface area contributed by atoms with E-state index in [0.29, 0.717) is 19.6 Å². The second-order valence-electron chi connectivity index (χ2n) is 3.65. The van der Waals surface area contributed by atoms with Crippen molar-refractivity contribution in [2.75, 3.05) is 13.1 Å². The van der Waals surface area contributed by atoms with Crippen LogP contribution in [0.4, 0.5) is 0 Å². The lowest BCUT2D eigenvalue weighted by atomic mass is 10.3. The van der Waals surface area contributed by atoms with E-state index < -0.39 is 11.8 Å². The van der Waals surface area contributed by atoms with Crippen molar-refractivity contribution in [3.8, 4) is 0 Å². The topological polar surface area (TPSA) is 102 Å². The van der Waals surface area contributed by atoms with Crippen molar-refractivity contribution in [2.45, 2.75) is 19.5 Å². The maximum Gasteiger partial charge on any atom is 0.309 e. The Hall–Kier alpha value is -1.89. The fraction of sp³-hybridized carbons (Fsp3) is 0.500. The van der Waals surface area contributed by atoms with Crippen molar-refractivity contribution in [2.24, 2.45) is 5.73 Å². The van der Waals surface area contributed by atoms with Gasteiger partial charge in [0.1, 0.15) is 0 Å². The highest BCUT2D eigenvalue weighted by atomic mass is 16.2. The Labute approximate surface area is 99.4 Å². The van der Waals surface area contributed by atoms with Crippen molar-refractivity contribution < 1.29 is 9.59 Å². The molecule has 0 aliphatic carbocycles. The molecule has 7 heteroatoms. The van der Waals surface area contributed by atoms with Crippen LogP contribution in [0.2, 0.25) is 0 Å². The molecule has 0 aliphatic heterocycles. The van der Waals surface area contributed by atoms with Crippen LogP contribution >= 0.6 is 0 Å². The zero-order valence-corrected chi connectivity index (χ0v) is 9.72. The highest BCUT2D eigenvalue weighted by molar-refractivity contribution is 6.35. The summed E-state index contributed by atoms with van der Waals surface area (Å²) >= 11 is 0. The van der Waals surface area contributed by atoms with Gasteiger partial charge < -0.3 is 16.4 Å². The molecular weight excluding hydrogens is 222 g/mol. The molecule has 17 heavy (non-hydrogen) atoms. The average molecular weight is 239 g/mol. The van der Waals surface area contributed by atoms with E-state index in [0.717, 1.165) is 0 Å². The zero-order valence-electron chi connectivity index (χ0n) is 9.72. The molecule has 0 saturated carbocycles. The van der Waals surface area contributed by atoms with Crippen LogP contribution in [0.5, 0.6) is 0 Å². The Balaban J connectivity index is 2.32. The average Bonchev–Trinajstić information content (AvgIpc) is 2.78. The van der Waals surface area contributed by atoms with Crippen LogP contribution in [0.25, 0.3) is 0 Å². The molecule has 0 saturated heterocycles. The van der Waals surface area contributed by atoms with Crippen molar-refractivity contribution >= 4 is 11.8 Å². The van der Waals surface area contributed by atoms with E-state index in [-0.39, 0.29) is 6.04 Å². The maximum atomic E-state index is 11.4. The summed E-state index contributed by atoms with van der Waals surface area (Å²) in [4.78, 5) is 22.6. The molecule has 0 aromatic carbocycles. The van der Waals surface area contributed by atoms with E-state index >= 15 is 0 Å². The normalized spacial score (nSPS) is 11.9. The number of rotatable bonds is 5. The van der Waals surface area contributed by atoms with Crippen molar-refractivity contribution in [3.05, 3.63) is 18.5 Å². The van der Waals surface area contributed by atoms with Gasteiger partial charge in [-0.05, 0) is 13.0 Å². The number of amides is 2. The number of hydrogen-bond donors (Lipinski definition) is 3. The van der Waals surface area contributed by atoms with Crippen LogP contribution in [-0.4, -0.2) is 40.7 Å². The summed E-state index contributed by atoms with van der Waals surface area (Å²) in [5, 5.41) is 8.98. The quantitative estimate of drug-likeness (QED) is 0.542. The minimum Gasteiger partial charge on any atom is -0.347 e. The number of aromatic nitrogens is 2. The van der Waals surface area contributed by atoms with Gasteiger partial charge in [-0.1, -0.05) is 0 Å². The largest absolute Gasteiger partial charge is 0.347 e. The van der Waals surface area contributed by atoms with E-state index in [9.17, 15) is 9.59 Å². The molecule has 0 spiro atoms. The SMILES string of the molecule is CC(Cn1cccn1)NC(=O)C(=O)NCCN. The van der Waals surface area contributed by atoms with Crippen LogP contribution in [0.3, 0.4) is 0 Å². The van der Waals surface area contributed by atoms with Crippen LogP contribution in [0.15, 0.2) is 18.5 Å². The molecule has 94 valence electrons. The lowest BCUT2D eigenvalue weighted by Gasteiger charge is -2.13. The number of nitrogens with one attached hydrogen (secondary N) is 2. The molecular formula is C10H17N5O2. The molecule has 2 amide bonds. The second-order valence-corrected chi connectivity index (χ2v) is 3.65. The summed E-state index contributed by atoms with van der Waals surface area (Å²) in [5.74, 6) is -1.32. The van der Waals surface area contributed by atoms with Gasteiger partial charge in [-0.2, -0.15) is 5.10 Å². The van der Waals surface area contributed by atoms with Crippen molar-refractivity contribution in [1.82, 2.24) is 20.4 Å². The smallest absolute Gasteiger partial charge is 0.309 e. The molecule has 0 bridgehead atoms. The summed E-state index contributed by atoms with van der Waals surface area (Å²) in [6, 6.07) is 1.62. The Kier molecular flexibility index (Phi) is 5.15. The summed E-state index contributed by atoms with van der Waals surface area (Å²) in [6.45, 7) is 2.92. The van der Waals surface area contributed by atoms with Crippen LogP contribution in [0, 0.1) is 0 Å². The molecule has 0 radical (unpaired) electrons. The van der Waals surface area contributed by atoms with E-state index in [1.54, 1.807) is 30.1 Å². The molecule has 1 atom stereocenters.